The van der Waals surface area contributed by atoms with Gasteiger partial charge in [0.15, 0.2) is 5.22 Å². The van der Waals surface area contributed by atoms with E-state index < -0.39 is 0 Å². The minimum Gasteiger partial charge on any atom is -0.444 e. The van der Waals surface area contributed by atoms with Gasteiger partial charge in [0.25, 0.3) is 0 Å². The maximum absolute atomic E-state index is 6.22. The fraction of sp³-hybridized carbons (Fsp3) is 0.222. The molecule has 0 saturated carbocycles. The van der Waals surface area contributed by atoms with E-state index in [0.29, 0.717) is 11.8 Å². The average Bonchev–Trinajstić information content (AvgIpc) is 2.80. The SMILES string of the molecule is Cc1cccc([C@H](C)NCc2c(Cl)oc3ccccc23)c1. The Morgan fingerprint density at radius 1 is 1.14 bits per heavy atom. The number of benzene rings is 2. The molecule has 0 fully saturated rings. The summed E-state index contributed by atoms with van der Waals surface area (Å²) >= 11 is 6.22. The van der Waals surface area contributed by atoms with Crippen LogP contribution in [-0.2, 0) is 6.54 Å². The maximum Gasteiger partial charge on any atom is 0.199 e. The molecule has 0 unspecified atom stereocenters. The first kappa shape index (κ1) is 14.2. The fourth-order valence-corrected chi connectivity index (χ4v) is 2.80. The molecule has 1 N–H and O–H groups in total. The summed E-state index contributed by atoms with van der Waals surface area (Å²) in [5.41, 5.74) is 4.40. The Morgan fingerprint density at radius 3 is 2.76 bits per heavy atom. The standard InChI is InChI=1S/C18H18ClNO/c1-12-6-5-7-14(10-12)13(2)20-11-16-15-8-3-4-9-17(15)21-18(16)19/h3-10,13,20H,11H2,1-2H3/t13-/m0/s1. The summed E-state index contributed by atoms with van der Waals surface area (Å²) in [5.74, 6) is 0. The quantitative estimate of drug-likeness (QED) is 0.712. The smallest absolute Gasteiger partial charge is 0.199 e. The first-order valence-corrected chi connectivity index (χ1v) is 7.49. The molecule has 1 heterocycles. The van der Waals surface area contributed by atoms with Gasteiger partial charge in [-0.05, 0) is 37.1 Å². The number of rotatable bonds is 4. The molecule has 0 aliphatic rings. The van der Waals surface area contributed by atoms with Crippen LogP contribution in [0.25, 0.3) is 11.0 Å². The van der Waals surface area contributed by atoms with Crippen molar-refractivity contribution in [3.8, 4) is 0 Å². The number of hydrogen-bond acceptors (Lipinski definition) is 2. The summed E-state index contributed by atoms with van der Waals surface area (Å²) in [6.07, 6.45) is 0. The normalized spacial score (nSPS) is 12.7. The van der Waals surface area contributed by atoms with E-state index in [1.165, 1.54) is 11.1 Å². The Morgan fingerprint density at radius 2 is 1.95 bits per heavy atom. The van der Waals surface area contributed by atoms with E-state index >= 15 is 0 Å². The van der Waals surface area contributed by atoms with Crippen LogP contribution in [0.15, 0.2) is 52.9 Å². The van der Waals surface area contributed by atoms with E-state index in [2.05, 4.69) is 43.4 Å². The van der Waals surface area contributed by atoms with Gasteiger partial charge in [-0.3, -0.25) is 0 Å². The van der Waals surface area contributed by atoms with Crippen LogP contribution in [0.5, 0.6) is 0 Å². The van der Waals surface area contributed by atoms with Crippen LogP contribution in [0.2, 0.25) is 5.22 Å². The van der Waals surface area contributed by atoms with Crippen molar-refractivity contribution >= 4 is 22.6 Å². The number of hydrogen-bond donors (Lipinski definition) is 1. The summed E-state index contributed by atoms with van der Waals surface area (Å²) in [7, 11) is 0. The number of fused-ring (bicyclic) bond motifs is 1. The van der Waals surface area contributed by atoms with Crippen molar-refractivity contribution < 1.29 is 4.42 Å². The zero-order valence-electron chi connectivity index (χ0n) is 12.2. The highest BCUT2D eigenvalue weighted by Gasteiger charge is 2.13. The van der Waals surface area contributed by atoms with Crippen molar-refractivity contribution in [1.82, 2.24) is 5.32 Å². The van der Waals surface area contributed by atoms with Gasteiger partial charge in [-0.2, -0.15) is 0 Å². The molecule has 0 radical (unpaired) electrons. The fourth-order valence-electron chi connectivity index (χ4n) is 2.55. The van der Waals surface area contributed by atoms with Gasteiger partial charge in [0.1, 0.15) is 5.58 Å². The minimum absolute atomic E-state index is 0.259. The van der Waals surface area contributed by atoms with Crippen LogP contribution < -0.4 is 5.32 Å². The predicted octanol–water partition coefficient (Wildman–Crippen LogP) is 5.25. The Bertz CT molecular complexity index is 763. The van der Waals surface area contributed by atoms with Crippen LogP contribution in [0.4, 0.5) is 0 Å². The predicted molar refractivity (Wildman–Crippen MR) is 87.7 cm³/mol. The Kier molecular flexibility index (Phi) is 4.00. The van der Waals surface area contributed by atoms with Crippen LogP contribution in [0, 0.1) is 6.92 Å². The van der Waals surface area contributed by atoms with Gasteiger partial charge in [-0.1, -0.05) is 48.0 Å². The number of furan rings is 1. The second kappa shape index (κ2) is 5.92. The van der Waals surface area contributed by atoms with Crippen molar-refractivity contribution in [2.75, 3.05) is 0 Å². The molecule has 0 aliphatic carbocycles. The summed E-state index contributed by atoms with van der Waals surface area (Å²) < 4.78 is 5.58. The number of para-hydroxylation sites is 1. The highest BCUT2D eigenvalue weighted by Crippen LogP contribution is 2.29. The van der Waals surface area contributed by atoms with E-state index in [4.69, 9.17) is 16.0 Å². The lowest BCUT2D eigenvalue weighted by molar-refractivity contribution is 0.563. The molecular weight excluding hydrogens is 282 g/mol. The van der Waals surface area contributed by atoms with Crippen LogP contribution in [0.1, 0.15) is 29.7 Å². The Hall–Kier alpha value is -1.77. The molecule has 108 valence electrons. The Labute approximate surface area is 129 Å². The van der Waals surface area contributed by atoms with Crippen molar-refractivity contribution in [3.63, 3.8) is 0 Å². The lowest BCUT2D eigenvalue weighted by Gasteiger charge is -2.14. The molecule has 3 aromatic rings. The van der Waals surface area contributed by atoms with Crippen molar-refractivity contribution in [1.29, 1.82) is 0 Å². The number of halogens is 1. The summed E-state index contributed by atoms with van der Waals surface area (Å²) in [6.45, 7) is 4.95. The molecular formula is C18H18ClNO. The van der Waals surface area contributed by atoms with Gasteiger partial charge in [-0.15, -0.1) is 0 Å². The molecule has 1 aromatic heterocycles. The lowest BCUT2D eigenvalue weighted by Crippen LogP contribution is -2.18. The average molecular weight is 300 g/mol. The van der Waals surface area contributed by atoms with Gasteiger partial charge in [0.2, 0.25) is 0 Å². The number of aryl methyl sites for hydroxylation is 1. The van der Waals surface area contributed by atoms with E-state index in [0.717, 1.165) is 16.5 Å². The summed E-state index contributed by atoms with van der Waals surface area (Å²) in [6, 6.07) is 16.7. The molecule has 21 heavy (non-hydrogen) atoms. The summed E-state index contributed by atoms with van der Waals surface area (Å²) in [5, 5.41) is 5.06. The molecule has 3 rings (SSSR count). The van der Waals surface area contributed by atoms with E-state index in [1.54, 1.807) is 0 Å². The highest BCUT2D eigenvalue weighted by molar-refractivity contribution is 6.30. The zero-order chi connectivity index (χ0) is 14.8. The van der Waals surface area contributed by atoms with Gasteiger partial charge in [0, 0.05) is 23.5 Å². The number of nitrogens with one attached hydrogen (secondary N) is 1. The zero-order valence-corrected chi connectivity index (χ0v) is 12.9. The minimum atomic E-state index is 0.259. The molecule has 2 nitrogen and oxygen atoms in total. The third kappa shape index (κ3) is 2.97. The second-order valence-corrected chi connectivity index (χ2v) is 5.71. The molecule has 0 amide bonds. The molecule has 0 spiro atoms. The van der Waals surface area contributed by atoms with E-state index in [1.807, 2.05) is 24.3 Å². The molecule has 0 saturated heterocycles. The molecule has 0 bridgehead atoms. The first-order valence-electron chi connectivity index (χ1n) is 7.11. The lowest BCUT2D eigenvalue weighted by atomic mass is 10.1. The topological polar surface area (TPSA) is 25.2 Å². The van der Waals surface area contributed by atoms with Gasteiger partial charge in [-0.25, -0.2) is 0 Å². The van der Waals surface area contributed by atoms with Gasteiger partial charge < -0.3 is 9.73 Å². The first-order chi connectivity index (χ1) is 10.1. The maximum atomic E-state index is 6.22. The van der Waals surface area contributed by atoms with Gasteiger partial charge >= 0.3 is 0 Å². The third-order valence-corrected chi connectivity index (χ3v) is 4.08. The molecule has 3 heteroatoms. The monoisotopic (exact) mass is 299 g/mol. The van der Waals surface area contributed by atoms with Gasteiger partial charge in [0.05, 0.1) is 0 Å². The highest BCUT2D eigenvalue weighted by atomic mass is 35.5. The largest absolute Gasteiger partial charge is 0.444 e. The molecule has 1 atom stereocenters. The van der Waals surface area contributed by atoms with E-state index in [-0.39, 0.29) is 6.04 Å². The third-order valence-electron chi connectivity index (χ3n) is 3.78. The molecule has 2 aromatic carbocycles. The van der Waals surface area contributed by atoms with Crippen molar-refractivity contribution in [2.24, 2.45) is 0 Å². The summed E-state index contributed by atoms with van der Waals surface area (Å²) in [4.78, 5) is 0. The van der Waals surface area contributed by atoms with E-state index in [9.17, 15) is 0 Å². The second-order valence-electron chi connectivity index (χ2n) is 5.37. The van der Waals surface area contributed by atoms with Crippen LogP contribution >= 0.6 is 11.6 Å². The molecule has 0 aliphatic heterocycles. The van der Waals surface area contributed by atoms with Crippen LogP contribution in [-0.4, -0.2) is 0 Å². The van der Waals surface area contributed by atoms with Crippen molar-refractivity contribution in [3.05, 3.63) is 70.4 Å². The van der Waals surface area contributed by atoms with Crippen molar-refractivity contribution in [2.45, 2.75) is 26.4 Å². The van der Waals surface area contributed by atoms with Crippen LogP contribution in [0.3, 0.4) is 0 Å². The Balaban J connectivity index is 1.79.